The van der Waals surface area contributed by atoms with Crippen LogP contribution in [0.1, 0.15) is 32.1 Å². The number of benzene rings is 1. The van der Waals surface area contributed by atoms with Crippen molar-refractivity contribution in [2.45, 2.75) is 48.3 Å². The van der Waals surface area contributed by atoms with Gasteiger partial charge in [0, 0.05) is 16.2 Å². The van der Waals surface area contributed by atoms with Crippen molar-refractivity contribution in [3.05, 3.63) is 30.3 Å². The molecule has 1 aromatic carbocycles. The van der Waals surface area contributed by atoms with Gasteiger partial charge in [0.25, 0.3) is 0 Å². The van der Waals surface area contributed by atoms with E-state index in [4.69, 9.17) is 5.73 Å². The van der Waals surface area contributed by atoms with E-state index < -0.39 is 0 Å². The highest BCUT2D eigenvalue weighted by molar-refractivity contribution is 8.00. The second kappa shape index (κ2) is 5.57. The first-order valence-corrected chi connectivity index (χ1v) is 6.71. The molecule has 2 heteroatoms. The lowest BCUT2D eigenvalue weighted by atomic mass is 10.1. The van der Waals surface area contributed by atoms with E-state index in [0.717, 1.165) is 0 Å². The average molecular weight is 221 g/mol. The molecule has 0 amide bonds. The van der Waals surface area contributed by atoms with E-state index in [2.05, 4.69) is 30.3 Å². The van der Waals surface area contributed by atoms with Gasteiger partial charge in [-0.1, -0.05) is 37.5 Å². The summed E-state index contributed by atoms with van der Waals surface area (Å²) in [6, 6.07) is 11.0. The van der Waals surface area contributed by atoms with Crippen LogP contribution in [0.2, 0.25) is 0 Å². The molecule has 1 nitrogen and oxygen atoms in total. The molecule has 15 heavy (non-hydrogen) atoms. The van der Waals surface area contributed by atoms with Crippen molar-refractivity contribution in [3.8, 4) is 0 Å². The Balaban J connectivity index is 1.97. The van der Waals surface area contributed by atoms with Gasteiger partial charge in [0.15, 0.2) is 0 Å². The highest BCUT2D eigenvalue weighted by Crippen LogP contribution is 2.31. The van der Waals surface area contributed by atoms with E-state index in [1.54, 1.807) is 0 Å². The summed E-state index contributed by atoms with van der Waals surface area (Å²) in [4.78, 5) is 1.36. The molecule has 2 unspecified atom stereocenters. The van der Waals surface area contributed by atoms with Gasteiger partial charge in [0.1, 0.15) is 0 Å². The van der Waals surface area contributed by atoms with Gasteiger partial charge in [-0.2, -0.15) is 0 Å². The Labute approximate surface area is 96.4 Å². The maximum atomic E-state index is 6.21. The molecule has 0 saturated heterocycles. The number of nitrogens with two attached hydrogens (primary N) is 1. The van der Waals surface area contributed by atoms with Gasteiger partial charge in [0.2, 0.25) is 0 Å². The van der Waals surface area contributed by atoms with Gasteiger partial charge < -0.3 is 5.73 Å². The van der Waals surface area contributed by atoms with E-state index in [-0.39, 0.29) is 0 Å². The minimum absolute atomic E-state index is 0.387. The van der Waals surface area contributed by atoms with Gasteiger partial charge in [-0.05, 0) is 25.0 Å². The van der Waals surface area contributed by atoms with Crippen molar-refractivity contribution in [3.63, 3.8) is 0 Å². The summed E-state index contributed by atoms with van der Waals surface area (Å²) in [5.74, 6) is 0. The van der Waals surface area contributed by atoms with Crippen LogP contribution in [0.25, 0.3) is 0 Å². The van der Waals surface area contributed by atoms with Crippen LogP contribution in [-0.4, -0.2) is 11.3 Å². The molecule has 1 fully saturated rings. The van der Waals surface area contributed by atoms with Crippen molar-refractivity contribution >= 4 is 11.8 Å². The van der Waals surface area contributed by atoms with Crippen LogP contribution >= 0.6 is 11.8 Å². The van der Waals surface area contributed by atoms with Gasteiger partial charge >= 0.3 is 0 Å². The average Bonchev–Trinajstić information content (AvgIpc) is 2.46. The van der Waals surface area contributed by atoms with E-state index in [0.29, 0.717) is 11.3 Å². The Morgan fingerprint density at radius 1 is 1.00 bits per heavy atom. The molecule has 0 radical (unpaired) electrons. The Morgan fingerprint density at radius 3 is 2.53 bits per heavy atom. The first-order chi connectivity index (χ1) is 7.36. The Kier molecular flexibility index (Phi) is 4.09. The molecule has 0 heterocycles. The summed E-state index contributed by atoms with van der Waals surface area (Å²) in [6.07, 6.45) is 6.50. The predicted molar refractivity (Wildman–Crippen MR) is 67.1 cm³/mol. The Morgan fingerprint density at radius 2 is 1.73 bits per heavy atom. The van der Waals surface area contributed by atoms with Crippen LogP contribution in [0.3, 0.4) is 0 Å². The fourth-order valence-electron chi connectivity index (χ4n) is 2.12. The molecular weight excluding hydrogens is 202 g/mol. The molecule has 1 aliphatic rings. The fourth-order valence-corrected chi connectivity index (χ4v) is 3.38. The molecule has 1 saturated carbocycles. The van der Waals surface area contributed by atoms with Crippen LogP contribution in [-0.2, 0) is 0 Å². The maximum absolute atomic E-state index is 6.21. The molecule has 0 bridgehead atoms. The summed E-state index contributed by atoms with van der Waals surface area (Å²) in [5.41, 5.74) is 6.21. The van der Waals surface area contributed by atoms with Crippen molar-refractivity contribution in [2.24, 2.45) is 5.73 Å². The molecule has 0 aromatic heterocycles. The molecule has 0 spiro atoms. The zero-order valence-electron chi connectivity index (χ0n) is 9.06. The molecule has 0 aliphatic heterocycles. The van der Waals surface area contributed by atoms with E-state index in [9.17, 15) is 0 Å². The lowest BCUT2D eigenvalue weighted by Gasteiger charge is -2.20. The second-order valence-electron chi connectivity index (χ2n) is 4.27. The predicted octanol–water partition coefficient (Wildman–Crippen LogP) is 3.44. The molecule has 1 aromatic rings. The summed E-state index contributed by atoms with van der Waals surface area (Å²) < 4.78 is 0. The Hall–Kier alpha value is -0.470. The van der Waals surface area contributed by atoms with Crippen LogP contribution < -0.4 is 5.73 Å². The number of thioether (sulfide) groups is 1. The van der Waals surface area contributed by atoms with Gasteiger partial charge in [-0.25, -0.2) is 0 Å². The van der Waals surface area contributed by atoms with Crippen LogP contribution in [0.15, 0.2) is 35.2 Å². The molecular formula is C13H19NS. The number of hydrogen-bond donors (Lipinski definition) is 1. The summed E-state index contributed by atoms with van der Waals surface area (Å²) in [7, 11) is 0. The molecule has 2 atom stereocenters. The number of hydrogen-bond acceptors (Lipinski definition) is 2. The quantitative estimate of drug-likeness (QED) is 0.774. The highest BCUT2D eigenvalue weighted by atomic mass is 32.2. The SMILES string of the molecule is NC1CCCCCC1Sc1ccccc1. The summed E-state index contributed by atoms with van der Waals surface area (Å²) >= 11 is 1.96. The summed E-state index contributed by atoms with van der Waals surface area (Å²) in [5, 5.41) is 0.620. The van der Waals surface area contributed by atoms with E-state index in [1.807, 2.05) is 11.8 Å². The van der Waals surface area contributed by atoms with Crippen molar-refractivity contribution in [1.82, 2.24) is 0 Å². The smallest absolute Gasteiger partial charge is 0.0246 e. The fraction of sp³-hybridized carbons (Fsp3) is 0.538. The standard InChI is InChI=1S/C13H19NS/c14-12-9-5-2-6-10-13(12)15-11-7-3-1-4-8-11/h1,3-4,7-8,12-13H,2,5-6,9-10,14H2. The molecule has 82 valence electrons. The van der Waals surface area contributed by atoms with Gasteiger partial charge in [0.05, 0.1) is 0 Å². The third-order valence-electron chi connectivity index (χ3n) is 3.03. The first-order valence-electron chi connectivity index (χ1n) is 5.83. The zero-order chi connectivity index (χ0) is 10.5. The molecule has 2 rings (SSSR count). The minimum Gasteiger partial charge on any atom is -0.327 e. The van der Waals surface area contributed by atoms with Gasteiger partial charge in [-0.15, -0.1) is 11.8 Å². The van der Waals surface area contributed by atoms with Crippen LogP contribution in [0, 0.1) is 0 Å². The van der Waals surface area contributed by atoms with Gasteiger partial charge in [-0.3, -0.25) is 0 Å². The third-order valence-corrected chi connectivity index (χ3v) is 4.47. The van der Waals surface area contributed by atoms with E-state index >= 15 is 0 Å². The van der Waals surface area contributed by atoms with E-state index in [1.165, 1.54) is 37.0 Å². The van der Waals surface area contributed by atoms with Crippen molar-refractivity contribution in [2.75, 3.05) is 0 Å². The lowest BCUT2D eigenvalue weighted by molar-refractivity contribution is 0.596. The van der Waals surface area contributed by atoms with Crippen molar-refractivity contribution < 1.29 is 0 Å². The third kappa shape index (κ3) is 3.25. The molecule has 2 N–H and O–H groups in total. The Bertz CT molecular complexity index is 286. The van der Waals surface area contributed by atoms with Crippen LogP contribution in [0.4, 0.5) is 0 Å². The second-order valence-corrected chi connectivity index (χ2v) is 5.58. The topological polar surface area (TPSA) is 26.0 Å². The highest BCUT2D eigenvalue weighted by Gasteiger charge is 2.20. The lowest BCUT2D eigenvalue weighted by Crippen LogP contribution is -2.31. The normalized spacial score (nSPS) is 27.3. The first kappa shape index (κ1) is 11.0. The van der Waals surface area contributed by atoms with Crippen LogP contribution in [0.5, 0.6) is 0 Å². The summed E-state index contributed by atoms with van der Waals surface area (Å²) in [6.45, 7) is 0. The maximum Gasteiger partial charge on any atom is 0.0246 e. The minimum atomic E-state index is 0.387. The zero-order valence-corrected chi connectivity index (χ0v) is 9.88. The number of rotatable bonds is 2. The largest absolute Gasteiger partial charge is 0.327 e. The monoisotopic (exact) mass is 221 g/mol. The van der Waals surface area contributed by atoms with Crippen molar-refractivity contribution in [1.29, 1.82) is 0 Å². The molecule has 1 aliphatic carbocycles.